The molecule has 0 aromatic carbocycles. The van der Waals surface area contributed by atoms with E-state index in [1.807, 2.05) is 6.07 Å². The van der Waals surface area contributed by atoms with Crippen molar-refractivity contribution >= 4 is 21.7 Å². The van der Waals surface area contributed by atoms with Crippen LogP contribution in [0.2, 0.25) is 0 Å². The molecule has 2 rings (SSSR count). The van der Waals surface area contributed by atoms with Gasteiger partial charge < -0.3 is 0 Å². The first kappa shape index (κ1) is 13.3. The fourth-order valence-corrected chi connectivity index (χ4v) is 1.90. The Kier molecular flexibility index (Phi) is 3.97. The molecule has 2 heterocycles. The summed E-state index contributed by atoms with van der Waals surface area (Å²) in [6, 6.07) is 5.94. The Labute approximate surface area is 117 Å². The average Bonchev–Trinajstić information content (AvgIpc) is 2.41. The lowest BCUT2D eigenvalue weighted by atomic mass is 9.96. The van der Waals surface area contributed by atoms with E-state index in [-0.39, 0.29) is 5.69 Å². The predicted octanol–water partition coefficient (Wildman–Crippen LogP) is 2.87. The number of hydrogen-bond donors (Lipinski definition) is 0. The molecule has 4 nitrogen and oxygen atoms in total. The van der Waals surface area contributed by atoms with E-state index in [4.69, 9.17) is 5.26 Å². The third kappa shape index (κ3) is 3.01. The highest BCUT2D eigenvalue weighted by molar-refractivity contribution is 9.10. The maximum atomic E-state index is 12.8. The molecule has 2 aromatic heterocycles. The highest BCUT2D eigenvalue weighted by Crippen LogP contribution is 2.20. The number of Topliss-reactive ketones (excluding diaryl/α,β-unsaturated/α-hetero) is 1. The molecule has 0 fully saturated rings. The summed E-state index contributed by atoms with van der Waals surface area (Å²) in [7, 11) is 0. The molecule has 0 saturated heterocycles. The van der Waals surface area contributed by atoms with Crippen molar-refractivity contribution in [3.05, 3.63) is 58.3 Å². The number of hydrogen-bond acceptors (Lipinski definition) is 4. The van der Waals surface area contributed by atoms with Crippen molar-refractivity contribution in [1.82, 2.24) is 9.97 Å². The minimum Gasteiger partial charge on any atom is -0.292 e. The van der Waals surface area contributed by atoms with Gasteiger partial charge in [-0.1, -0.05) is 0 Å². The Balaban J connectivity index is 2.35. The summed E-state index contributed by atoms with van der Waals surface area (Å²) in [5.74, 6) is -2.01. The van der Waals surface area contributed by atoms with Crippen LogP contribution in [0, 0.1) is 17.1 Å². The molecule has 0 saturated carbocycles. The molecule has 0 aliphatic heterocycles. The smallest absolute Gasteiger partial charge is 0.187 e. The zero-order valence-electron chi connectivity index (χ0n) is 9.55. The molecule has 0 amide bonds. The highest BCUT2D eigenvalue weighted by Gasteiger charge is 2.23. The van der Waals surface area contributed by atoms with E-state index in [0.29, 0.717) is 10.0 Å². The van der Waals surface area contributed by atoms with Gasteiger partial charge in [0.05, 0.1) is 18.0 Å². The van der Waals surface area contributed by atoms with Crippen molar-refractivity contribution in [2.24, 2.45) is 0 Å². The van der Waals surface area contributed by atoms with Crippen molar-refractivity contribution in [1.29, 1.82) is 5.26 Å². The Morgan fingerprint density at radius 3 is 2.74 bits per heavy atom. The fourth-order valence-electron chi connectivity index (χ4n) is 1.53. The van der Waals surface area contributed by atoms with Crippen LogP contribution >= 0.6 is 15.9 Å². The van der Waals surface area contributed by atoms with Crippen LogP contribution in [-0.2, 0) is 0 Å². The minimum absolute atomic E-state index is 0.217. The molecule has 0 radical (unpaired) electrons. The van der Waals surface area contributed by atoms with E-state index in [9.17, 15) is 9.18 Å². The molecule has 0 aliphatic carbocycles. The lowest BCUT2D eigenvalue weighted by Gasteiger charge is -2.07. The molecule has 1 unspecified atom stereocenters. The molecule has 0 spiro atoms. The number of pyridine rings is 2. The molecule has 0 bridgehead atoms. The van der Waals surface area contributed by atoms with Crippen LogP contribution in [0.15, 0.2) is 41.3 Å². The second kappa shape index (κ2) is 5.67. The monoisotopic (exact) mass is 319 g/mol. The Morgan fingerprint density at radius 2 is 2.16 bits per heavy atom. The van der Waals surface area contributed by atoms with Gasteiger partial charge in [-0.25, -0.2) is 4.39 Å². The van der Waals surface area contributed by atoms with E-state index in [1.165, 1.54) is 24.5 Å². The van der Waals surface area contributed by atoms with E-state index in [1.54, 1.807) is 6.07 Å². The summed E-state index contributed by atoms with van der Waals surface area (Å²) in [4.78, 5) is 19.8. The van der Waals surface area contributed by atoms with Gasteiger partial charge in [0.25, 0.3) is 0 Å². The van der Waals surface area contributed by atoms with Crippen molar-refractivity contribution < 1.29 is 9.18 Å². The summed E-state index contributed by atoms with van der Waals surface area (Å²) in [6.07, 6.45) is 3.89. The fraction of sp³-hybridized carbons (Fsp3) is 0.0769. The van der Waals surface area contributed by atoms with Crippen molar-refractivity contribution in [3.63, 3.8) is 0 Å². The van der Waals surface area contributed by atoms with Crippen molar-refractivity contribution in [3.8, 4) is 6.07 Å². The quantitative estimate of drug-likeness (QED) is 0.816. The van der Waals surface area contributed by atoms with Gasteiger partial charge in [-0.05, 0) is 34.1 Å². The molecule has 6 heteroatoms. The number of aromatic nitrogens is 2. The molecule has 1 atom stereocenters. The Morgan fingerprint density at radius 1 is 1.37 bits per heavy atom. The molecule has 19 heavy (non-hydrogen) atoms. The van der Waals surface area contributed by atoms with Crippen LogP contribution in [0.1, 0.15) is 22.0 Å². The topological polar surface area (TPSA) is 66.6 Å². The summed E-state index contributed by atoms with van der Waals surface area (Å²) >= 11 is 3.20. The normalized spacial score (nSPS) is 11.6. The summed E-state index contributed by atoms with van der Waals surface area (Å²) in [5.41, 5.74) is 0.515. The van der Waals surface area contributed by atoms with E-state index in [0.717, 1.165) is 6.20 Å². The standard InChI is InChI=1S/C13H7BrFN3O/c14-9-3-8(5-17-6-9)13(19)11(4-16)12-2-1-10(15)7-18-12/h1-3,5-7,11H. The zero-order valence-corrected chi connectivity index (χ0v) is 11.1. The van der Waals surface area contributed by atoms with Gasteiger partial charge in [-0.2, -0.15) is 5.26 Å². The predicted molar refractivity (Wildman–Crippen MR) is 68.8 cm³/mol. The van der Waals surface area contributed by atoms with Gasteiger partial charge in [0.1, 0.15) is 5.82 Å². The highest BCUT2D eigenvalue weighted by atomic mass is 79.9. The van der Waals surface area contributed by atoms with Gasteiger partial charge in [0, 0.05) is 22.4 Å². The summed E-state index contributed by atoms with van der Waals surface area (Å²) in [6.45, 7) is 0. The number of carbonyl (C=O) groups is 1. The first-order valence-corrected chi connectivity index (χ1v) is 6.07. The third-order valence-corrected chi connectivity index (χ3v) is 2.86. The number of nitriles is 1. The van der Waals surface area contributed by atoms with Gasteiger partial charge in [-0.15, -0.1) is 0 Å². The largest absolute Gasteiger partial charge is 0.292 e. The second-order valence-electron chi connectivity index (χ2n) is 3.72. The molecule has 2 aromatic rings. The Bertz CT molecular complexity index is 652. The van der Waals surface area contributed by atoms with Crippen LogP contribution in [-0.4, -0.2) is 15.8 Å². The number of rotatable bonds is 3. The van der Waals surface area contributed by atoms with Gasteiger partial charge in [-0.3, -0.25) is 14.8 Å². The average molecular weight is 320 g/mol. The van der Waals surface area contributed by atoms with E-state index in [2.05, 4.69) is 25.9 Å². The zero-order chi connectivity index (χ0) is 13.8. The van der Waals surface area contributed by atoms with E-state index < -0.39 is 17.5 Å². The van der Waals surface area contributed by atoms with Crippen molar-refractivity contribution in [2.45, 2.75) is 5.92 Å². The number of nitrogens with zero attached hydrogens (tertiary/aromatic N) is 3. The molecular weight excluding hydrogens is 313 g/mol. The van der Waals surface area contributed by atoms with Gasteiger partial charge >= 0.3 is 0 Å². The number of ketones is 1. The van der Waals surface area contributed by atoms with Gasteiger partial charge in [0.15, 0.2) is 11.7 Å². The summed E-state index contributed by atoms with van der Waals surface area (Å²) < 4.78 is 13.4. The van der Waals surface area contributed by atoms with Crippen LogP contribution in [0.4, 0.5) is 4.39 Å². The first-order chi connectivity index (χ1) is 9.11. The number of halogens is 2. The SMILES string of the molecule is N#CC(C(=O)c1cncc(Br)c1)c1ccc(F)cn1. The van der Waals surface area contributed by atoms with Crippen molar-refractivity contribution in [2.75, 3.05) is 0 Å². The Hall–Kier alpha value is -2.13. The maximum Gasteiger partial charge on any atom is 0.187 e. The van der Waals surface area contributed by atoms with Crippen LogP contribution in [0.5, 0.6) is 0 Å². The molecule has 0 aliphatic rings. The maximum absolute atomic E-state index is 12.8. The van der Waals surface area contributed by atoms with E-state index >= 15 is 0 Å². The lowest BCUT2D eigenvalue weighted by Crippen LogP contribution is -2.13. The molecular formula is C13H7BrFN3O. The molecule has 94 valence electrons. The lowest BCUT2D eigenvalue weighted by molar-refractivity contribution is 0.0977. The van der Waals surface area contributed by atoms with Crippen LogP contribution in [0.25, 0.3) is 0 Å². The first-order valence-electron chi connectivity index (χ1n) is 5.27. The van der Waals surface area contributed by atoms with Crippen LogP contribution in [0.3, 0.4) is 0 Å². The minimum atomic E-state index is -1.07. The number of carbonyl (C=O) groups excluding carboxylic acids is 1. The third-order valence-electron chi connectivity index (χ3n) is 2.43. The second-order valence-corrected chi connectivity index (χ2v) is 4.64. The summed E-state index contributed by atoms with van der Waals surface area (Å²) in [5, 5.41) is 9.11. The molecule has 0 N–H and O–H groups in total. The van der Waals surface area contributed by atoms with Crippen LogP contribution < -0.4 is 0 Å². The van der Waals surface area contributed by atoms with Gasteiger partial charge in [0.2, 0.25) is 0 Å².